The van der Waals surface area contributed by atoms with Gasteiger partial charge in [-0.05, 0) is 62.2 Å². The van der Waals surface area contributed by atoms with Gasteiger partial charge in [-0.2, -0.15) is 0 Å². The van der Waals surface area contributed by atoms with Gasteiger partial charge in [0.05, 0.1) is 25.9 Å². The summed E-state index contributed by atoms with van der Waals surface area (Å²) in [6.07, 6.45) is 0.846. The van der Waals surface area contributed by atoms with Crippen LogP contribution in [0.15, 0.2) is 42.5 Å². The zero-order valence-corrected chi connectivity index (χ0v) is 17.0. The zero-order valence-electron chi connectivity index (χ0n) is 17.0. The molecule has 0 saturated carbocycles. The van der Waals surface area contributed by atoms with Gasteiger partial charge in [0, 0.05) is 5.69 Å². The van der Waals surface area contributed by atoms with Crippen LogP contribution in [0.5, 0.6) is 5.75 Å². The van der Waals surface area contributed by atoms with E-state index in [-0.39, 0.29) is 24.9 Å². The van der Waals surface area contributed by atoms with Gasteiger partial charge in [-0.3, -0.25) is 14.5 Å². The summed E-state index contributed by atoms with van der Waals surface area (Å²) in [5, 5.41) is 5.76. The maximum absolute atomic E-state index is 12.4. The van der Waals surface area contributed by atoms with Crippen LogP contribution in [0.3, 0.4) is 0 Å². The third kappa shape index (κ3) is 6.39. The lowest BCUT2D eigenvalue weighted by Gasteiger charge is -2.21. The predicted molar refractivity (Wildman–Crippen MR) is 113 cm³/mol. The van der Waals surface area contributed by atoms with Gasteiger partial charge in [0.25, 0.3) is 0 Å². The number of aryl methyl sites for hydroxylation is 2. The highest BCUT2D eigenvalue weighted by molar-refractivity contribution is 5.95. The van der Waals surface area contributed by atoms with Gasteiger partial charge in [0.2, 0.25) is 11.8 Å². The molecule has 150 valence electrons. The lowest BCUT2D eigenvalue weighted by molar-refractivity contribution is -0.120. The molecule has 0 heterocycles. The molecule has 0 fully saturated rings. The zero-order chi connectivity index (χ0) is 20.5. The molecule has 0 aliphatic carbocycles. The standard InChI is InChI=1S/C22H29N3O3/c1-5-12-25(14-21(26)23-18-11-10-16(2)17(3)13-18)15-22(27)24-19-8-6-7-9-20(19)28-4/h6-11,13H,5,12,14-15H2,1-4H3,(H,23,26)(H,24,27). The third-order valence-corrected chi connectivity index (χ3v) is 4.45. The molecule has 0 aliphatic heterocycles. The van der Waals surface area contributed by atoms with Crippen molar-refractivity contribution in [2.45, 2.75) is 27.2 Å². The van der Waals surface area contributed by atoms with E-state index in [0.29, 0.717) is 18.0 Å². The smallest absolute Gasteiger partial charge is 0.238 e. The summed E-state index contributed by atoms with van der Waals surface area (Å²) in [5.74, 6) is 0.282. The van der Waals surface area contributed by atoms with Crippen LogP contribution in [0, 0.1) is 13.8 Å². The Morgan fingerprint density at radius 2 is 1.64 bits per heavy atom. The third-order valence-electron chi connectivity index (χ3n) is 4.45. The molecule has 28 heavy (non-hydrogen) atoms. The number of ether oxygens (including phenoxy) is 1. The summed E-state index contributed by atoms with van der Waals surface area (Å²) in [5.41, 5.74) is 3.69. The largest absolute Gasteiger partial charge is 0.495 e. The monoisotopic (exact) mass is 383 g/mol. The second kappa shape index (κ2) is 10.5. The van der Waals surface area contributed by atoms with Crippen LogP contribution in [0.25, 0.3) is 0 Å². The number of carbonyl (C=O) groups is 2. The molecule has 0 bridgehead atoms. The molecular weight excluding hydrogens is 354 g/mol. The number of rotatable bonds is 9. The lowest BCUT2D eigenvalue weighted by Crippen LogP contribution is -2.39. The van der Waals surface area contributed by atoms with E-state index >= 15 is 0 Å². The van der Waals surface area contributed by atoms with Crippen molar-refractivity contribution in [1.82, 2.24) is 4.90 Å². The second-order valence-electron chi connectivity index (χ2n) is 6.81. The Hall–Kier alpha value is -2.86. The molecule has 6 heteroatoms. The number of nitrogens with zero attached hydrogens (tertiary/aromatic N) is 1. The van der Waals surface area contributed by atoms with Crippen LogP contribution >= 0.6 is 0 Å². The first-order valence-electron chi connectivity index (χ1n) is 9.45. The first kappa shape index (κ1) is 21.4. The Morgan fingerprint density at radius 3 is 2.29 bits per heavy atom. The van der Waals surface area contributed by atoms with Gasteiger partial charge in [-0.15, -0.1) is 0 Å². The summed E-state index contributed by atoms with van der Waals surface area (Å²) >= 11 is 0. The molecule has 2 aromatic rings. The van der Waals surface area contributed by atoms with E-state index in [1.807, 2.05) is 56.0 Å². The Balaban J connectivity index is 1.95. The number of carbonyl (C=O) groups excluding carboxylic acids is 2. The van der Waals surface area contributed by atoms with Gasteiger partial charge in [0.15, 0.2) is 0 Å². The van der Waals surface area contributed by atoms with Crippen LogP contribution in [0.2, 0.25) is 0 Å². The molecule has 0 radical (unpaired) electrons. The van der Waals surface area contributed by atoms with Crippen molar-refractivity contribution < 1.29 is 14.3 Å². The summed E-state index contributed by atoms with van der Waals surface area (Å²) in [6.45, 7) is 7.00. The fourth-order valence-corrected chi connectivity index (χ4v) is 2.89. The summed E-state index contributed by atoms with van der Waals surface area (Å²) in [6, 6.07) is 13.1. The molecule has 2 aromatic carbocycles. The number of nitrogens with one attached hydrogen (secondary N) is 2. The molecule has 0 saturated heterocycles. The van der Waals surface area contributed by atoms with Crippen LogP contribution in [-0.2, 0) is 9.59 Å². The summed E-state index contributed by atoms with van der Waals surface area (Å²) in [4.78, 5) is 26.7. The Kier molecular flexibility index (Phi) is 8.02. The molecule has 0 unspecified atom stereocenters. The summed E-state index contributed by atoms with van der Waals surface area (Å²) in [7, 11) is 1.56. The minimum atomic E-state index is -0.183. The average molecular weight is 383 g/mol. The first-order chi connectivity index (χ1) is 13.4. The SMILES string of the molecule is CCCN(CC(=O)Nc1ccc(C)c(C)c1)CC(=O)Nc1ccccc1OC. The van der Waals surface area contributed by atoms with Gasteiger partial charge in [-0.25, -0.2) is 0 Å². The van der Waals surface area contributed by atoms with Gasteiger partial charge in [-0.1, -0.05) is 25.1 Å². The van der Waals surface area contributed by atoms with Crippen molar-refractivity contribution in [3.63, 3.8) is 0 Å². The Bertz CT molecular complexity index is 820. The second-order valence-corrected chi connectivity index (χ2v) is 6.81. The van der Waals surface area contributed by atoms with Crippen LogP contribution < -0.4 is 15.4 Å². The first-order valence-corrected chi connectivity index (χ1v) is 9.45. The number of benzene rings is 2. The number of hydrogen-bond donors (Lipinski definition) is 2. The fraction of sp³-hybridized carbons (Fsp3) is 0.364. The van der Waals surface area contributed by atoms with E-state index in [0.717, 1.165) is 17.7 Å². The summed E-state index contributed by atoms with van der Waals surface area (Å²) < 4.78 is 5.26. The van der Waals surface area contributed by atoms with Crippen molar-refractivity contribution >= 4 is 23.2 Å². The Morgan fingerprint density at radius 1 is 0.964 bits per heavy atom. The van der Waals surface area contributed by atoms with E-state index in [1.165, 1.54) is 5.56 Å². The number of amides is 2. The highest BCUT2D eigenvalue weighted by atomic mass is 16.5. The van der Waals surface area contributed by atoms with Gasteiger partial charge in [0.1, 0.15) is 5.75 Å². The predicted octanol–water partition coefficient (Wildman–Crippen LogP) is 3.60. The molecule has 0 aromatic heterocycles. The highest BCUT2D eigenvalue weighted by Gasteiger charge is 2.15. The van der Waals surface area contributed by atoms with E-state index in [9.17, 15) is 9.59 Å². The maximum Gasteiger partial charge on any atom is 0.238 e. The van der Waals surface area contributed by atoms with E-state index in [1.54, 1.807) is 19.2 Å². The highest BCUT2D eigenvalue weighted by Crippen LogP contribution is 2.22. The molecule has 2 amide bonds. The maximum atomic E-state index is 12.4. The number of anilines is 2. The van der Waals surface area contributed by atoms with E-state index in [4.69, 9.17) is 4.74 Å². The van der Waals surface area contributed by atoms with Gasteiger partial charge >= 0.3 is 0 Å². The van der Waals surface area contributed by atoms with E-state index in [2.05, 4.69) is 10.6 Å². The minimum absolute atomic E-state index is 0.131. The van der Waals surface area contributed by atoms with Crippen molar-refractivity contribution in [2.24, 2.45) is 0 Å². The molecule has 2 rings (SSSR count). The fourth-order valence-electron chi connectivity index (χ4n) is 2.89. The molecule has 0 aliphatic rings. The average Bonchev–Trinajstić information content (AvgIpc) is 2.65. The topological polar surface area (TPSA) is 70.7 Å². The molecule has 6 nitrogen and oxygen atoms in total. The van der Waals surface area contributed by atoms with Crippen LogP contribution in [0.1, 0.15) is 24.5 Å². The molecule has 0 atom stereocenters. The van der Waals surface area contributed by atoms with Crippen LogP contribution in [0.4, 0.5) is 11.4 Å². The van der Waals surface area contributed by atoms with Gasteiger partial charge < -0.3 is 15.4 Å². The van der Waals surface area contributed by atoms with Crippen molar-refractivity contribution in [2.75, 3.05) is 37.4 Å². The lowest BCUT2D eigenvalue weighted by atomic mass is 10.1. The quantitative estimate of drug-likeness (QED) is 0.694. The minimum Gasteiger partial charge on any atom is -0.495 e. The molecule has 0 spiro atoms. The molecular formula is C22H29N3O3. The Labute approximate surface area is 166 Å². The van der Waals surface area contributed by atoms with Crippen LogP contribution in [-0.4, -0.2) is 43.5 Å². The number of para-hydroxylation sites is 2. The van der Waals surface area contributed by atoms with E-state index < -0.39 is 0 Å². The van der Waals surface area contributed by atoms with Crippen molar-refractivity contribution in [3.05, 3.63) is 53.6 Å². The van der Waals surface area contributed by atoms with Crippen molar-refractivity contribution in [3.8, 4) is 5.75 Å². The number of methoxy groups -OCH3 is 1. The van der Waals surface area contributed by atoms with Crippen molar-refractivity contribution in [1.29, 1.82) is 0 Å². The normalized spacial score (nSPS) is 10.6. The number of hydrogen-bond acceptors (Lipinski definition) is 4. The molecule has 2 N–H and O–H groups in total.